The van der Waals surface area contributed by atoms with E-state index in [1.54, 1.807) is 0 Å². The Morgan fingerprint density at radius 1 is 1.37 bits per heavy atom. The molecular formula is C16H25NO2. The second-order valence-corrected chi connectivity index (χ2v) is 5.59. The first kappa shape index (κ1) is 14.2. The summed E-state index contributed by atoms with van der Waals surface area (Å²) >= 11 is 0. The van der Waals surface area contributed by atoms with Gasteiger partial charge >= 0.3 is 0 Å². The molecule has 0 bridgehead atoms. The van der Waals surface area contributed by atoms with Crippen molar-refractivity contribution < 1.29 is 9.47 Å². The molecular weight excluding hydrogens is 238 g/mol. The van der Waals surface area contributed by atoms with E-state index < -0.39 is 0 Å². The Hall–Kier alpha value is -1.22. The minimum absolute atomic E-state index is 0.404. The van der Waals surface area contributed by atoms with Crippen LogP contribution in [0.15, 0.2) is 18.2 Å². The lowest BCUT2D eigenvalue weighted by Gasteiger charge is -2.14. The number of hydrogen-bond acceptors (Lipinski definition) is 3. The highest BCUT2D eigenvalue weighted by atomic mass is 16.5. The zero-order valence-electron chi connectivity index (χ0n) is 12.0. The van der Waals surface area contributed by atoms with Crippen LogP contribution in [0.2, 0.25) is 0 Å². The second-order valence-electron chi connectivity index (χ2n) is 5.59. The van der Waals surface area contributed by atoms with Crippen LogP contribution in [0.3, 0.4) is 0 Å². The molecule has 0 heterocycles. The molecule has 3 heteroatoms. The van der Waals surface area contributed by atoms with E-state index in [1.807, 2.05) is 18.2 Å². The number of ether oxygens (including phenoxy) is 2. The van der Waals surface area contributed by atoms with Crippen molar-refractivity contribution in [1.29, 1.82) is 0 Å². The van der Waals surface area contributed by atoms with Crippen molar-refractivity contribution in [2.75, 3.05) is 12.3 Å². The van der Waals surface area contributed by atoms with Crippen molar-refractivity contribution in [2.45, 2.75) is 52.2 Å². The molecule has 0 aromatic heterocycles. The van der Waals surface area contributed by atoms with E-state index in [1.165, 1.54) is 12.8 Å². The van der Waals surface area contributed by atoms with Gasteiger partial charge in [-0.25, -0.2) is 0 Å². The highest BCUT2D eigenvalue weighted by Gasteiger charge is 2.24. The Kier molecular flexibility index (Phi) is 5.08. The molecule has 0 saturated heterocycles. The van der Waals surface area contributed by atoms with Crippen molar-refractivity contribution in [2.24, 2.45) is 5.92 Å². The van der Waals surface area contributed by atoms with Gasteiger partial charge in [0.25, 0.3) is 0 Å². The third kappa shape index (κ3) is 4.75. The van der Waals surface area contributed by atoms with Crippen LogP contribution in [0.25, 0.3) is 0 Å². The summed E-state index contributed by atoms with van der Waals surface area (Å²) in [6.45, 7) is 5.81. The van der Waals surface area contributed by atoms with Crippen molar-refractivity contribution in [3.05, 3.63) is 23.8 Å². The number of anilines is 1. The molecule has 0 radical (unpaired) electrons. The standard InChI is InChI=1S/C16H25NO2/c1-3-4-12(2)10-18-11-13-9-14(17)5-8-16(13)19-15-6-7-15/h5,8-9,12,15H,3-4,6-7,10-11,17H2,1-2H3. The van der Waals surface area contributed by atoms with Crippen LogP contribution >= 0.6 is 0 Å². The van der Waals surface area contributed by atoms with Gasteiger partial charge in [-0.1, -0.05) is 20.3 Å². The van der Waals surface area contributed by atoms with Gasteiger partial charge in [0.15, 0.2) is 0 Å². The largest absolute Gasteiger partial charge is 0.490 e. The van der Waals surface area contributed by atoms with Crippen LogP contribution in [0, 0.1) is 5.92 Å². The smallest absolute Gasteiger partial charge is 0.125 e. The summed E-state index contributed by atoms with van der Waals surface area (Å²) in [5.74, 6) is 1.54. The van der Waals surface area contributed by atoms with E-state index >= 15 is 0 Å². The van der Waals surface area contributed by atoms with E-state index in [9.17, 15) is 0 Å². The molecule has 1 aromatic carbocycles. The normalized spacial score (nSPS) is 16.3. The molecule has 2 rings (SSSR count). The fourth-order valence-electron chi connectivity index (χ4n) is 2.14. The second kappa shape index (κ2) is 6.80. The van der Waals surface area contributed by atoms with Gasteiger partial charge in [0.2, 0.25) is 0 Å². The van der Waals surface area contributed by atoms with E-state index in [0.717, 1.165) is 36.4 Å². The van der Waals surface area contributed by atoms with E-state index in [-0.39, 0.29) is 0 Å². The summed E-state index contributed by atoms with van der Waals surface area (Å²) in [5.41, 5.74) is 7.67. The molecule has 0 aliphatic heterocycles. The predicted octanol–water partition coefficient (Wildman–Crippen LogP) is 3.76. The van der Waals surface area contributed by atoms with Crippen LogP contribution in [-0.2, 0) is 11.3 Å². The summed E-state index contributed by atoms with van der Waals surface area (Å²) in [5, 5.41) is 0. The molecule has 1 aromatic rings. The van der Waals surface area contributed by atoms with Gasteiger partial charge in [0.05, 0.1) is 12.7 Å². The molecule has 106 valence electrons. The molecule has 0 spiro atoms. The Balaban J connectivity index is 1.88. The first-order chi connectivity index (χ1) is 9.19. The highest BCUT2D eigenvalue weighted by molar-refractivity contribution is 5.47. The summed E-state index contributed by atoms with van der Waals surface area (Å²) in [6, 6.07) is 5.81. The third-order valence-corrected chi connectivity index (χ3v) is 3.34. The fraction of sp³-hybridized carbons (Fsp3) is 0.625. The van der Waals surface area contributed by atoms with Crippen LogP contribution in [0.1, 0.15) is 45.1 Å². The molecule has 1 atom stereocenters. The zero-order chi connectivity index (χ0) is 13.7. The van der Waals surface area contributed by atoms with Gasteiger partial charge in [0, 0.05) is 17.9 Å². The summed E-state index contributed by atoms with van der Waals surface area (Å²) < 4.78 is 11.7. The number of hydrogen-bond donors (Lipinski definition) is 1. The molecule has 1 fully saturated rings. The maximum absolute atomic E-state index is 5.88. The van der Waals surface area contributed by atoms with Gasteiger partial charge in [-0.05, 0) is 43.4 Å². The topological polar surface area (TPSA) is 44.5 Å². The SMILES string of the molecule is CCCC(C)COCc1cc(N)ccc1OC1CC1. The van der Waals surface area contributed by atoms with Gasteiger partial charge in [-0.2, -0.15) is 0 Å². The molecule has 1 aliphatic rings. The average Bonchev–Trinajstić information content (AvgIpc) is 3.17. The van der Waals surface area contributed by atoms with Crippen LogP contribution in [-0.4, -0.2) is 12.7 Å². The maximum Gasteiger partial charge on any atom is 0.125 e. The van der Waals surface area contributed by atoms with Gasteiger partial charge in [-0.15, -0.1) is 0 Å². The van der Waals surface area contributed by atoms with E-state index in [4.69, 9.17) is 15.2 Å². The molecule has 0 amide bonds. The minimum Gasteiger partial charge on any atom is -0.490 e. The number of nitrogen functional groups attached to an aromatic ring is 1. The van der Waals surface area contributed by atoms with Gasteiger partial charge in [0.1, 0.15) is 5.75 Å². The quantitative estimate of drug-likeness (QED) is 0.726. The summed E-state index contributed by atoms with van der Waals surface area (Å²) in [4.78, 5) is 0. The fourth-order valence-corrected chi connectivity index (χ4v) is 2.14. The van der Waals surface area contributed by atoms with Gasteiger partial charge in [-0.3, -0.25) is 0 Å². The lowest BCUT2D eigenvalue weighted by atomic mass is 10.1. The average molecular weight is 263 g/mol. The van der Waals surface area contributed by atoms with E-state index in [2.05, 4.69) is 13.8 Å². The van der Waals surface area contributed by atoms with Crippen molar-refractivity contribution in [1.82, 2.24) is 0 Å². The van der Waals surface area contributed by atoms with Crippen LogP contribution in [0.5, 0.6) is 5.75 Å². The monoisotopic (exact) mass is 263 g/mol. The Morgan fingerprint density at radius 3 is 2.84 bits per heavy atom. The van der Waals surface area contributed by atoms with Gasteiger partial charge < -0.3 is 15.2 Å². The highest BCUT2D eigenvalue weighted by Crippen LogP contribution is 2.30. The summed E-state index contributed by atoms with van der Waals surface area (Å²) in [7, 11) is 0. The zero-order valence-corrected chi connectivity index (χ0v) is 12.0. The van der Waals surface area contributed by atoms with E-state index in [0.29, 0.717) is 18.6 Å². The molecule has 1 aliphatic carbocycles. The first-order valence-corrected chi connectivity index (χ1v) is 7.31. The number of nitrogens with two attached hydrogens (primary N) is 1. The lowest BCUT2D eigenvalue weighted by molar-refractivity contribution is 0.0873. The Labute approximate surface area is 116 Å². The van der Waals surface area contributed by atoms with Crippen molar-refractivity contribution in [3.8, 4) is 5.75 Å². The van der Waals surface area contributed by atoms with Crippen molar-refractivity contribution >= 4 is 5.69 Å². The Bertz CT molecular complexity index is 402. The summed E-state index contributed by atoms with van der Waals surface area (Å²) in [6.07, 6.45) is 5.15. The minimum atomic E-state index is 0.404. The van der Waals surface area contributed by atoms with Crippen LogP contribution in [0.4, 0.5) is 5.69 Å². The molecule has 2 N–H and O–H groups in total. The maximum atomic E-state index is 5.88. The van der Waals surface area contributed by atoms with Crippen LogP contribution < -0.4 is 10.5 Å². The first-order valence-electron chi connectivity index (χ1n) is 7.31. The molecule has 1 unspecified atom stereocenters. The predicted molar refractivity (Wildman–Crippen MR) is 78.2 cm³/mol. The molecule has 1 saturated carbocycles. The van der Waals surface area contributed by atoms with Crippen molar-refractivity contribution in [3.63, 3.8) is 0 Å². The Morgan fingerprint density at radius 2 is 2.16 bits per heavy atom. The molecule has 19 heavy (non-hydrogen) atoms. The molecule has 3 nitrogen and oxygen atoms in total. The lowest BCUT2D eigenvalue weighted by Crippen LogP contribution is -2.07. The third-order valence-electron chi connectivity index (χ3n) is 3.34. The number of benzene rings is 1. The number of rotatable bonds is 8.